The second-order valence-electron chi connectivity index (χ2n) is 5.18. The van der Waals surface area contributed by atoms with Crippen LogP contribution in [0.25, 0.3) is 0 Å². The summed E-state index contributed by atoms with van der Waals surface area (Å²) in [6, 6.07) is 0.641. The van der Waals surface area contributed by atoms with Crippen molar-refractivity contribution >= 4 is 34.2 Å². The van der Waals surface area contributed by atoms with Gasteiger partial charge < -0.3 is 10.6 Å². The lowest BCUT2D eigenvalue weighted by atomic mass is 9.95. The Hall–Kier alpha value is -0.290. The van der Waals surface area contributed by atoms with E-state index in [1.807, 2.05) is 0 Å². The quantitative estimate of drug-likeness (QED) is 0.795. The van der Waals surface area contributed by atoms with Crippen LogP contribution in [0.15, 0.2) is 0 Å². The summed E-state index contributed by atoms with van der Waals surface area (Å²) in [6.45, 7) is 0. The first-order valence-electron chi connectivity index (χ1n) is 6.26. The molecule has 2 aliphatic carbocycles. The van der Waals surface area contributed by atoms with Crippen LogP contribution in [0.4, 0.5) is 0 Å². The average molecular weight is 272 g/mol. The van der Waals surface area contributed by atoms with Gasteiger partial charge in [-0.2, -0.15) is 0 Å². The number of nitrogens with two attached hydrogens (primary N) is 1. The minimum Gasteiger partial charge on any atom is -0.370 e. The van der Waals surface area contributed by atoms with Crippen LogP contribution in [0, 0.1) is 11.8 Å². The molecule has 0 aromatic carbocycles. The molecule has 3 atom stereocenters. The van der Waals surface area contributed by atoms with Gasteiger partial charge in [-0.15, -0.1) is 0 Å². The van der Waals surface area contributed by atoms with Crippen LogP contribution in [0.2, 0.25) is 0 Å². The highest BCUT2D eigenvalue weighted by atomic mass is 32.2. The molecular weight excluding hydrogens is 252 g/mol. The van der Waals surface area contributed by atoms with Gasteiger partial charge in [0.25, 0.3) is 0 Å². The zero-order valence-corrected chi connectivity index (χ0v) is 11.9. The molecule has 0 heterocycles. The molecule has 0 saturated heterocycles. The Kier molecular flexibility index (Phi) is 4.31. The van der Waals surface area contributed by atoms with Crippen molar-refractivity contribution < 1.29 is 4.79 Å². The maximum atomic E-state index is 10.7. The first-order valence-corrected chi connectivity index (χ1v) is 7.65. The third kappa shape index (κ3) is 3.13. The van der Waals surface area contributed by atoms with Crippen molar-refractivity contribution in [3.8, 4) is 0 Å². The predicted octanol–water partition coefficient (Wildman–Crippen LogP) is 2.00. The number of thiocarbonyl (C=S) groups is 1. The highest BCUT2D eigenvalue weighted by molar-refractivity contribution is 8.22. The maximum absolute atomic E-state index is 10.7. The number of rotatable bonds is 4. The fraction of sp³-hybridized carbons (Fsp3) is 0.833. The Morgan fingerprint density at radius 1 is 1.47 bits per heavy atom. The zero-order valence-electron chi connectivity index (χ0n) is 10.2. The normalized spacial score (nSPS) is 30.5. The molecule has 2 aliphatic rings. The second-order valence-corrected chi connectivity index (χ2v) is 6.91. The number of amides is 1. The van der Waals surface area contributed by atoms with Crippen LogP contribution in [0.3, 0.4) is 0 Å². The molecule has 1 amide bonds. The zero-order chi connectivity index (χ0) is 12.4. The smallest absolute Gasteiger partial charge is 0.218 e. The van der Waals surface area contributed by atoms with Crippen molar-refractivity contribution in [1.82, 2.24) is 4.90 Å². The van der Waals surface area contributed by atoms with Crippen molar-refractivity contribution in [2.75, 3.05) is 12.8 Å². The van der Waals surface area contributed by atoms with Crippen molar-refractivity contribution in [3.63, 3.8) is 0 Å². The molecule has 5 heteroatoms. The lowest BCUT2D eigenvalue weighted by Gasteiger charge is -2.33. The Labute approximate surface area is 112 Å². The molecule has 0 spiro atoms. The third-order valence-electron chi connectivity index (χ3n) is 4.06. The Morgan fingerprint density at radius 3 is 2.76 bits per heavy atom. The number of hydrogen-bond donors (Lipinski definition) is 1. The fourth-order valence-corrected chi connectivity index (χ4v) is 4.36. The first kappa shape index (κ1) is 13.1. The molecular formula is C12H20N2OS2. The minimum atomic E-state index is -0.247. The maximum Gasteiger partial charge on any atom is 0.218 e. The molecule has 2 bridgehead atoms. The van der Waals surface area contributed by atoms with Crippen LogP contribution in [-0.4, -0.2) is 34.0 Å². The van der Waals surface area contributed by atoms with Crippen LogP contribution < -0.4 is 5.73 Å². The summed E-state index contributed by atoms with van der Waals surface area (Å²) in [7, 11) is 2.10. The summed E-state index contributed by atoms with van der Waals surface area (Å²) in [6.07, 6.45) is 5.89. The van der Waals surface area contributed by atoms with E-state index < -0.39 is 0 Å². The molecule has 0 radical (unpaired) electrons. The monoisotopic (exact) mass is 272 g/mol. The van der Waals surface area contributed by atoms with Gasteiger partial charge in [0.15, 0.2) is 0 Å². The number of primary amides is 1. The number of hydrogen-bond acceptors (Lipinski definition) is 3. The third-order valence-corrected chi connectivity index (χ3v) is 5.64. The summed E-state index contributed by atoms with van der Waals surface area (Å²) in [5.41, 5.74) is 5.12. The Bertz CT molecular complexity index is 322. The second kappa shape index (κ2) is 5.57. The highest BCUT2D eigenvalue weighted by Gasteiger charge is 2.41. The van der Waals surface area contributed by atoms with Crippen LogP contribution in [0.1, 0.15) is 32.1 Å². The number of nitrogens with zero attached hydrogens (tertiary/aromatic N) is 1. The molecule has 2 saturated carbocycles. The van der Waals surface area contributed by atoms with Crippen LogP contribution >= 0.6 is 24.0 Å². The standard InChI is InChI=1S/C12H20N2OS2/c1-14(12(16)17-5-4-11(13)15)10-7-8-2-3-9(10)6-8/h8-10H,2-7H2,1H3,(H2,13,15). The van der Waals surface area contributed by atoms with Crippen molar-refractivity contribution in [2.45, 2.75) is 38.1 Å². The van der Waals surface area contributed by atoms with Gasteiger partial charge in [-0.25, -0.2) is 0 Å². The number of thioether (sulfide) groups is 1. The summed E-state index contributed by atoms with van der Waals surface area (Å²) in [5, 5.41) is 0. The molecule has 2 N–H and O–H groups in total. The summed E-state index contributed by atoms with van der Waals surface area (Å²) < 4.78 is 0.920. The van der Waals surface area contributed by atoms with Gasteiger partial charge in [-0.05, 0) is 31.1 Å². The van der Waals surface area contributed by atoms with E-state index in [0.717, 1.165) is 16.2 Å². The minimum absolute atomic E-state index is 0.247. The molecule has 0 aromatic heterocycles. The van der Waals surface area contributed by atoms with E-state index >= 15 is 0 Å². The highest BCUT2D eigenvalue weighted by Crippen LogP contribution is 2.46. The number of fused-ring (bicyclic) bond motifs is 2. The first-order chi connectivity index (χ1) is 8.08. The molecule has 3 nitrogen and oxygen atoms in total. The molecule has 0 aliphatic heterocycles. The van der Waals surface area contributed by atoms with Gasteiger partial charge in [-0.1, -0.05) is 30.4 Å². The van der Waals surface area contributed by atoms with Gasteiger partial charge in [-0.3, -0.25) is 4.79 Å². The largest absolute Gasteiger partial charge is 0.370 e. The van der Waals surface area contributed by atoms with Gasteiger partial charge in [0, 0.05) is 25.3 Å². The van der Waals surface area contributed by atoms with E-state index in [2.05, 4.69) is 11.9 Å². The summed E-state index contributed by atoms with van der Waals surface area (Å²) >= 11 is 7.00. The van der Waals surface area contributed by atoms with Gasteiger partial charge in [0.1, 0.15) is 4.32 Å². The van der Waals surface area contributed by atoms with E-state index in [1.165, 1.54) is 25.7 Å². The van der Waals surface area contributed by atoms with Crippen LogP contribution in [-0.2, 0) is 4.79 Å². The van der Waals surface area contributed by atoms with Crippen molar-refractivity contribution in [3.05, 3.63) is 0 Å². The molecule has 2 fully saturated rings. The summed E-state index contributed by atoms with van der Waals surface area (Å²) in [4.78, 5) is 12.9. The van der Waals surface area contributed by atoms with Crippen molar-refractivity contribution in [2.24, 2.45) is 17.6 Å². The topological polar surface area (TPSA) is 46.3 Å². The van der Waals surface area contributed by atoms with E-state index in [-0.39, 0.29) is 5.91 Å². The van der Waals surface area contributed by atoms with Gasteiger partial charge >= 0.3 is 0 Å². The number of carbonyl (C=O) groups is 1. The predicted molar refractivity (Wildman–Crippen MR) is 75.9 cm³/mol. The Balaban J connectivity index is 1.77. The van der Waals surface area contributed by atoms with E-state index in [1.54, 1.807) is 11.8 Å². The number of carbonyl (C=O) groups excluding carboxylic acids is 1. The van der Waals surface area contributed by atoms with Crippen molar-refractivity contribution in [1.29, 1.82) is 0 Å². The molecule has 17 heavy (non-hydrogen) atoms. The summed E-state index contributed by atoms with van der Waals surface area (Å²) in [5.74, 6) is 2.24. The molecule has 2 rings (SSSR count). The van der Waals surface area contributed by atoms with E-state index in [9.17, 15) is 4.79 Å². The molecule has 0 aromatic rings. The lowest BCUT2D eigenvalue weighted by molar-refractivity contribution is -0.117. The van der Waals surface area contributed by atoms with E-state index in [4.69, 9.17) is 18.0 Å². The average Bonchev–Trinajstić information content (AvgIpc) is 2.88. The van der Waals surface area contributed by atoms with Gasteiger partial charge in [0.05, 0.1) is 0 Å². The Morgan fingerprint density at radius 2 is 2.24 bits per heavy atom. The van der Waals surface area contributed by atoms with Crippen LogP contribution in [0.5, 0.6) is 0 Å². The molecule has 96 valence electrons. The van der Waals surface area contributed by atoms with E-state index in [0.29, 0.717) is 18.2 Å². The van der Waals surface area contributed by atoms with Gasteiger partial charge in [0.2, 0.25) is 5.91 Å². The molecule has 3 unspecified atom stereocenters. The fourth-order valence-electron chi connectivity index (χ4n) is 3.16. The lowest BCUT2D eigenvalue weighted by Crippen LogP contribution is -2.38. The SMILES string of the molecule is CN(C(=S)SCCC(N)=O)C1CC2CCC1C2.